The number of aromatic nitrogens is 2. The average molecular weight is 291 g/mol. The molecule has 0 spiro atoms. The molecule has 0 bridgehead atoms. The second kappa shape index (κ2) is 6.97. The lowest BCUT2D eigenvalue weighted by Crippen LogP contribution is -2.28. The molecule has 0 atom stereocenters. The van der Waals surface area contributed by atoms with Gasteiger partial charge in [-0.3, -0.25) is 4.79 Å². The van der Waals surface area contributed by atoms with Gasteiger partial charge >= 0.3 is 0 Å². The van der Waals surface area contributed by atoms with E-state index >= 15 is 0 Å². The van der Waals surface area contributed by atoms with E-state index in [2.05, 4.69) is 10.1 Å². The molecular formula is C15H18FN3O2. The van der Waals surface area contributed by atoms with E-state index in [1.807, 2.05) is 6.92 Å². The smallest absolute Gasteiger partial charge is 0.257 e. The largest absolute Gasteiger partial charge is 0.345 e. The van der Waals surface area contributed by atoms with E-state index in [4.69, 9.17) is 4.52 Å². The van der Waals surface area contributed by atoms with Gasteiger partial charge in [0.2, 0.25) is 5.91 Å². The number of carbonyl (C=O) groups is 1. The molecule has 0 aliphatic rings. The quantitative estimate of drug-likeness (QED) is 0.821. The summed E-state index contributed by atoms with van der Waals surface area (Å²) < 4.78 is 18.0. The van der Waals surface area contributed by atoms with Crippen LogP contribution in [0, 0.1) is 5.82 Å². The summed E-state index contributed by atoms with van der Waals surface area (Å²) in [5.74, 6) is 0.687. The standard InChI is InChI=1S/C15H18FN3O2/c1-3-4-14(20)19(2)10-9-13-17-15(21-18-13)11-5-7-12(16)8-6-11/h5-8H,3-4,9-10H2,1-2H3. The van der Waals surface area contributed by atoms with E-state index in [1.165, 1.54) is 12.1 Å². The van der Waals surface area contributed by atoms with Crippen LogP contribution in [0.2, 0.25) is 0 Å². The molecule has 6 heteroatoms. The highest BCUT2D eigenvalue weighted by Gasteiger charge is 2.12. The number of benzene rings is 1. The van der Waals surface area contributed by atoms with Crippen molar-refractivity contribution < 1.29 is 13.7 Å². The van der Waals surface area contributed by atoms with Crippen LogP contribution in [0.3, 0.4) is 0 Å². The summed E-state index contributed by atoms with van der Waals surface area (Å²) >= 11 is 0. The molecule has 1 amide bonds. The fourth-order valence-electron chi connectivity index (χ4n) is 1.86. The Morgan fingerprint density at radius 3 is 2.71 bits per heavy atom. The maximum absolute atomic E-state index is 12.9. The number of hydrogen-bond donors (Lipinski definition) is 0. The zero-order valence-electron chi connectivity index (χ0n) is 12.2. The number of rotatable bonds is 6. The molecule has 21 heavy (non-hydrogen) atoms. The highest BCUT2D eigenvalue weighted by Crippen LogP contribution is 2.17. The normalized spacial score (nSPS) is 10.6. The molecule has 5 nitrogen and oxygen atoms in total. The van der Waals surface area contributed by atoms with Gasteiger partial charge in [-0.15, -0.1) is 0 Å². The van der Waals surface area contributed by atoms with Gasteiger partial charge in [0, 0.05) is 32.0 Å². The molecule has 0 unspecified atom stereocenters. The first-order valence-electron chi connectivity index (χ1n) is 6.92. The average Bonchev–Trinajstić information content (AvgIpc) is 2.94. The Morgan fingerprint density at radius 2 is 2.05 bits per heavy atom. The molecule has 0 fully saturated rings. The molecule has 2 rings (SSSR count). The Bertz CT molecular complexity index is 595. The lowest BCUT2D eigenvalue weighted by Gasteiger charge is -2.15. The Kier molecular flexibility index (Phi) is 5.03. The predicted octanol–water partition coefficient (Wildman–Crippen LogP) is 2.68. The maximum atomic E-state index is 12.9. The fraction of sp³-hybridized carbons (Fsp3) is 0.400. The van der Waals surface area contributed by atoms with Crippen molar-refractivity contribution >= 4 is 5.91 Å². The molecule has 0 aliphatic carbocycles. The molecule has 0 saturated carbocycles. The first kappa shape index (κ1) is 15.2. The monoisotopic (exact) mass is 291 g/mol. The molecule has 0 N–H and O–H groups in total. The number of likely N-dealkylation sites (N-methyl/N-ethyl adjacent to an activating group) is 1. The summed E-state index contributed by atoms with van der Waals surface area (Å²) in [4.78, 5) is 17.6. The first-order chi connectivity index (χ1) is 10.1. The van der Waals surface area contributed by atoms with Gasteiger partial charge in [0.15, 0.2) is 5.82 Å². The molecule has 112 valence electrons. The van der Waals surface area contributed by atoms with Crippen LogP contribution in [0.25, 0.3) is 11.5 Å². The van der Waals surface area contributed by atoms with E-state index in [0.29, 0.717) is 36.7 Å². The summed E-state index contributed by atoms with van der Waals surface area (Å²) in [6.45, 7) is 2.52. The van der Waals surface area contributed by atoms with Crippen molar-refractivity contribution in [1.29, 1.82) is 0 Å². The minimum absolute atomic E-state index is 0.111. The third-order valence-electron chi connectivity index (χ3n) is 3.12. The molecule has 0 saturated heterocycles. The Balaban J connectivity index is 1.94. The summed E-state index contributed by atoms with van der Waals surface area (Å²) in [6, 6.07) is 5.86. The third kappa shape index (κ3) is 4.11. The minimum atomic E-state index is -0.311. The molecule has 1 aromatic heterocycles. The van der Waals surface area contributed by atoms with Crippen LogP contribution in [0.15, 0.2) is 28.8 Å². The second-order valence-electron chi connectivity index (χ2n) is 4.84. The summed E-state index contributed by atoms with van der Waals surface area (Å²) in [6.07, 6.45) is 1.90. The summed E-state index contributed by atoms with van der Waals surface area (Å²) in [5.41, 5.74) is 0.672. The Morgan fingerprint density at radius 1 is 1.33 bits per heavy atom. The molecule has 1 aromatic carbocycles. The maximum Gasteiger partial charge on any atom is 0.257 e. The van der Waals surface area contributed by atoms with Crippen molar-refractivity contribution in [2.75, 3.05) is 13.6 Å². The van der Waals surface area contributed by atoms with Crippen LogP contribution in [0.5, 0.6) is 0 Å². The minimum Gasteiger partial charge on any atom is -0.345 e. The van der Waals surface area contributed by atoms with Gasteiger partial charge in [0.25, 0.3) is 5.89 Å². The van der Waals surface area contributed by atoms with E-state index in [-0.39, 0.29) is 11.7 Å². The van der Waals surface area contributed by atoms with Crippen molar-refractivity contribution in [3.63, 3.8) is 0 Å². The SMILES string of the molecule is CCCC(=O)N(C)CCc1noc(-c2ccc(F)cc2)n1. The molecule has 0 radical (unpaired) electrons. The van der Waals surface area contributed by atoms with Gasteiger partial charge in [-0.1, -0.05) is 12.1 Å². The Labute approximate surface area is 122 Å². The topological polar surface area (TPSA) is 59.2 Å². The van der Waals surface area contributed by atoms with Crippen molar-refractivity contribution in [3.8, 4) is 11.5 Å². The van der Waals surface area contributed by atoms with Crippen molar-refractivity contribution in [1.82, 2.24) is 15.0 Å². The molecular weight excluding hydrogens is 273 g/mol. The number of carbonyl (C=O) groups excluding carboxylic acids is 1. The third-order valence-corrected chi connectivity index (χ3v) is 3.12. The Hall–Kier alpha value is -2.24. The van der Waals surface area contributed by atoms with Gasteiger partial charge < -0.3 is 9.42 Å². The number of amides is 1. The van der Waals surface area contributed by atoms with Gasteiger partial charge in [-0.2, -0.15) is 4.98 Å². The van der Waals surface area contributed by atoms with Gasteiger partial charge in [0.05, 0.1) is 0 Å². The van der Waals surface area contributed by atoms with Gasteiger partial charge in [-0.05, 0) is 30.7 Å². The van der Waals surface area contributed by atoms with E-state index in [1.54, 1.807) is 24.1 Å². The van der Waals surface area contributed by atoms with E-state index in [9.17, 15) is 9.18 Å². The van der Waals surface area contributed by atoms with Crippen LogP contribution in [0.1, 0.15) is 25.6 Å². The highest BCUT2D eigenvalue weighted by atomic mass is 19.1. The van der Waals surface area contributed by atoms with Crippen molar-refractivity contribution in [3.05, 3.63) is 35.9 Å². The van der Waals surface area contributed by atoms with E-state index < -0.39 is 0 Å². The second-order valence-corrected chi connectivity index (χ2v) is 4.84. The first-order valence-corrected chi connectivity index (χ1v) is 6.92. The van der Waals surface area contributed by atoms with Crippen molar-refractivity contribution in [2.45, 2.75) is 26.2 Å². The van der Waals surface area contributed by atoms with Crippen LogP contribution < -0.4 is 0 Å². The number of hydrogen-bond acceptors (Lipinski definition) is 4. The molecule has 2 aromatic rings. The van der Waals surface area contributed by atoms with Crippen LogP contribution in [-0.4, -0.2) is 34.5 Å². The van der Waals surface area contributed by atoms with Crippen molar-refractivity contribution in [2.24, 2.45) is 0 Å². The fourth-order valence-corrected chi connectivity index (χ4v) is 1.86. The number of halogens is 1. The van der Waals surface area contributed by atoms with Crippen LogP contribution >= 0.6 is 0 Å². The predicted molar refractivity (Wildman–Crippen MR) is 75.9 cm³/mol. The van der Waals surface area contributed by atoms with Crippen LogP contribution in [0.4, 0.5) is 4.39 Å². The lowest BCUT2D eigenvalue weighted by molar-refractivity contribution is -0.129. The van der Waals surface area contributed by atoms with Gasteiger partial charge in [-0.25, -0.2) is 4.39 Å². The summed E-state index contributed by atoms with van der Waals surface area (Å²) in [5, 5.41) is 3.87. The van der Waals surface area contributed by atoms with Crippen LogP contribution in [-0.2, 0) is 11.2 Å². The highest BCUT2D eigenvalue weighted by molar-refractivity contribution is 5.75. The number of nitrogens with zero attached hydrogens (tertiary/aromatic N) is 3. The zero-order chi connectivity index (χ0) is 15.2. The lowest BCUT2D eigenvalue weighted by atomic mass is 10.2. The molecule has 1 heterocycles. The van der Waals surface area contributed by atoms with Gasteiger partial charge in [0.1, 0.15) is 5.82 Å². The zero-order valence-corrected chi connectivity index (χ0v) is 12.2. The molecule has 0 aliphatic heterocycles. The summed E-state index contributed by atoms with van der Waals surface area (Å²) in [7, 11) is 1.76. The van der Waals surface area contributed by atoms with E-state index in [0.717, 1.165) is 6.42 Å².